The third kappa shape index (κ3) is 2.90. The van der Waals surface area contributed by atoms with Gasteiger partial charge < -0.3 is 4.42 Å². The molecule has 0 atom stereocenters. The van der Waals surface area contributed by atoms with Gasteiger partial charge in [0.25, 0.3) is 5.91 Å². The van der Waals surface area contributed by atoms with Crippen molar-refractivity contribution >= 4 is 28.9 Å². The Bertz CT molecular complexity index is 693. The van der Waals surface area contributed by atoms with Gasteiger partial charge in [0.1, 0.15) is 11.5 Å². The van der Waals surface area contributed by atoms with Gasteiger partial charge in [-0.1, -0.05) is 17.8 Å². The minimum Gasteiger partial charge on any atom is -0.465 e. The highest BCUT2D eigenvalue weighted by molar-refractivity contribution is 8.13. The molecule has 0 aliphatic carbocycles. The third-order valence-corrected chi connectivity index (χ3v) is 3.64. The normalized spacial score (nSPS) is 16.6. The van der Waals surface area contributed by atoms with E-state index in [1.165, 1.54) is 11.8 Å². The smallest absolute Gasteiger partial charge is 0.279 e. The number of rotatable bonds is 3. The molecule has 0 bridgehead atoms. The summed E-state index contributed by atoms with van der Waals surface area (Å²) in [5.74, 6) is 0.476. The van der Waals surface area contributed by atoms with Gasteiger partial charge in [0, 0.05) is 12.3 Å². The number of amides is 1. The summed E-state index contributed by atoms with van der Waals surface area (Å²) in [7, 11) is 0. The molecule has 106 valence electrons. The van der Waals surface area contributed by atoms with E-state index in [0.29, 0.717) is 23.2 Å². The molecule has 3 heterocycles. The lowest BCUT2D eigenvalue weighted by molar-refractivity contribution is -0.122. The molecule has 2 aromatic heterocycles. The molecule has 0 unspecified atom stereocenters. The SMILES string of the molecule is CSC1=N/C(=C/c2ccco2)C(=O)N1Cc1ccccn1. The Labute approximate surface area is 126 Å². The van der Waals surface area contributed by atoms with Crippen molar-refractivity contribution in [2.45, 2.75) is 6.54 Å². The molecule has 5 nitrogen and oxygen atoms in total. The van der Waals surface area contributed by atoms with E-state index >= 15 is 0 Å². The van der Waals surface area contributed by atoms with Crippen LogP contribution in [0.2, 0.25) is 0 Å². The molecule has 21 heavy (non-hydrogen) atoms. The van der Waals surface area contributed by atoms with Crippen molar-refractivity contribution in [2.75, 3.05) is 6.26 Å². The van der Waals surface area contributed by atoms with Crippen LogP contribution in [0.15, 0.2) is 57.9 Å². The van der Waals surface area contributed by atoms with Crippen molar-refractivity contribution in [3.8, 4) is 0 Å². The van der Waals surface area contributed by atoms with Gasteiger partial charge in [-0.3, -0.25) is 14.7 Å². The van der Waals surface area contributed by atoms with Crippen LogP contribution in [0.3, 0.4) is 0 Å². The van der Waals surface area contributed by atoms with Crippen LogP contribution in [0.4, 0.5) is 0 Å². The first-order valence-electron chi connectivity index (χ1n) is 6.37. The highest BCUT2D eigenvalue weighted by Crippen LogP contribution is 2.24. The van der Waals surface area contributed by atoms with Gasteiger partial charge in [0.15, 0.2) is 5.17 Å². The molecule has 3 rings (SSSR count). The summed E-state index contributed by atoms with van der Waals surface area (Å²) >= 11 is 1.44. The standard InChI is InChI=1S/C15H13N3O2S/c1-21-15-17-13(9-12-6-4-8-20-12)14(19)18(15)10-11-5-2-3-7-16-11/h2-9H,10H2,1H3/b13-9+. The zero-order valence-electron chi connectivity index (χ0n) is 11.4. The maximum atomic E-state index is 12.5. The van der Waals surface area contributed by atoms with Crippen LogP contribution < -0.4 is 0 Å². The average molecular weight is 299 g/mol. The third-order valence-electron chi connectivity index (χ3n) is 2.96. The van der Waals surface area contributed by atoms with Crippen molar-refractivity contribution in [1.29, 1.82) is 0 Å². The number of aliphatic imine (C=N–C) groups is 1. The van der Waals surface area contributed by atoms with Crippen molar-refractivity contribution in [2.24, 2.45) is 4.99 Å². The van der Waals surface area contributed by atoms with Crippen LogP contribution in [0, 0.1) is 0 Å². The van der Waals surface area contributed by atoms with Crippen LogP contribution in [0.5, 0.6) is 0 Å². The molecule has 1 aliphatic rings. The molecule has 0 spiro atoms. The molecule has 0 saturated carbocycles. The first-order chi connectivity index (χ1) is 10.3. The van der Waals surface area contributed by atoms with Crippen molar-refractivity contribution < 1.29 is 9.21 Å². The van der Waals surface area contributed by atoms with Crippen LogP contribution in [-0.2, 0) is 11.3 Å². The van der Waals surface area contributed by atoms with Crippen molar-refractivity contribution in [1.82, 2.24) is 9.88 Å². The second kappa shape index (κ2) is 5.97. The second-order valence-corrected chi connectivity index (χ2v) is 5.13. The molecule has 0 fully saturated rings. The number of aromatic nitrogens is 1. The van der Waals surface area contributed by atoms with E-state index in [-0.39, 0.29) is 5.91 Å². The fourth-order valence-electron chi connectivity index (χ4n) is 1.99. The molecule has 0 aromatic carbocycles. The summed E-state index contributed by atoms with van der Waals surface area (Å²) in [6, 6.07) is 9.20. The summed E-state index contributed by atoms with van der Waals surface area (Å²) < 4.78 is 5.23. The van der Waals surface area contributed by atoms with Gasteiger partial charge >= 0.3 is 0 Å². The molecule has 0 radical (unpaired) electrons. The highest BCUT2D eigenvalue weighted by Gasteiger charge is 2.30. The van der Waals surface area contributed by atoms with E-state index in [0.717, 1.165) is 5.69 Å². The van der Waals surface area contributed by atoms with Gasteiger partial charge in [0.05, 0.1) is 18.5 Å². The van der Waals surface area contributed by atoms with Crippen LogP contribution in [0.1, 0.15) is 11.5 Å². The Morgan fingerprint density at radius 1 is 1.33 bits per heavy atom. The predicted octanol–water partition coefficient (Wildman–Crippen LogP) is 2.78. The van der Waals surface area contributed by atoms with Gasteiger partial charge in [-0.2, -0.15) is 0 Å². The highest BCUT2D eigenvalue weighted by atomic mass is 32.2. The quantitative estimate of drug-likeness (QED) is 0.818. The summed E-state index contributed by atoms with van der Waals surface area (Å²) in [5, 5.41) is 0.670. The molecule has 1 amide bonds. The Balaban J connectivity index is 1.86. The van der Waals surface area contributed by atoms with E-state index in [2.05, 4.69) is 9.98 Å². The number of carbonyl (C=O) groups excluding carboxylic acids is 1. The van der Waals surface area contributed by atoms with Crippen molar-refractivity contribution in [3.63, 3.8) is 0 Å². The summed E-state index contributed by atoms with van der Waals surface area (Å²) in [6.07, 6.45) is 6.83. The topological polar surface area (TPSA) is 58.7 Å². The minimum absolute atomic E-state index is 0.138. The number of hydrogen-bond acceptors (Lipinski definition) is 5. The predicted molar refractivity (Wildman–Crippen MR) is 82.4 cm³/mol. The van der Waals surface area contributed by atoms with Crippen LogP contribution in [-0.4, -0.2) is 27.2 Å². The fourth-order valence-corrected chi connectivity index (χ4v) is 2.54. The number of nitrogens with zero attached hydrogens (tertiary/aromatic N) is 3. The van der Waals surface area contributed by atoms with Crippen LogP contribution in [0.25, 0.3) is 6.08 Å². The molecule has 0 N–H and O–H groups in total. The lowest BCUT2D eigenvalue weighted by Crippen LogP contribution is -2.30. The minimum atomic E-state index is -0.138. The van der Waals surface area contributed by atoms with Gasteiger partial charge in [-0.05, 0) is 30.5 Å². The largest absolute Gasteiger partial charge is 0.465 e. The van der Waals surface area contributed by atoms with Crippen LogP contribution >= 0.6 is 11.8 Å². The van der Waals surface area contributed by atoms with Gasteiger partial charge in [-0.25, -0.2) is 4.99 Å². The van der Waals surface area contributed by atoms with Crippen molar-refractivity contribution in [3.05, 3.63) is 59.9 Å². The number of pyridine rings is 1. The monoisotopic (exact) mass is 299 g/mol. The summed E-state index contributed by atoms with van der Waals surface area (Å²) in [5.41, 5.74) is 1.21. The average Bonchev–Trinajstić information content (AvgIpc) is 3.12. The second-order valence-electron chi connectivity index (χ2n) is 4.36. The Morgan fingerprint density at radius 2 is 2.24 bits per heavy atom. The number of furan rings is 1. The van der Waals surface area contributed by atoms with Gasteiger partial charge in [0.2, 0.25) is 0 Å². The Kier molecular flexibility index (Phi) is 3.87. The Morgan fingerprint density at radius 3 is 2.90 bits per heavy atom. The molecule has 0 saturated heterocycles. The first kappa shape index (κ1) is 13.6. The maximum absolute atomic E-state index is 12.5. The summed E-state index contributed by atoms with van der Waals surface area (Å²) in [4.78, 5) is 22.7. The zero-order valence-corrected chi connectivity index (χ0v) is 12.2. The molecular weight excluding hydrogens is 286 g/mol. The van der Waals surface area contributed by atoms with Gasteiger partial charge in [-0.15, -0.1) is 0 Å². The summed E-state index contributed by atoms with van der Waals surface area (Å²) in [6.45, 7) is 0.412. The fraction of sp³-hybridized carbons (Fsp3) is 0.133. The molecular formula is C15H13N3O2S. The number of carbonyl (C=O) groups is 1. The number of amidine groups is 1. The van der Waals surface area contributed by atoms with E-state index in [9.17, 15) is 4.79 Å². The molecule has 1 aliphatic heterocycles. The number of thioether (sulfide) groups is 1. The lowest BCUT2D eigenvalue weighted by Gasteiger charge is -2.15. The lowest BCUT2D eigenvalue weighted by atomic mass is 10.3. The Hall–Kier alpha value is -2.34. The molecule has 6 heteroatoms. The van der Waals surface area contributed by atoms with E-state index in [4.69, 9.17) is 4.42 Å². The maximum Gasteiger partial charge on any atom is 0.279 e. The first-order valence-corrected chi connectivity index (χ1v) is 7.60. The zero-order chi connectivity index (χ0) is 14.7. The molecule has 2 aromatic rings. The van der Waals surface area contributed by atoms with E-state index in [1.54, 1.807) is 35.6 Å². The number of hydrogen-bond donors (Lipinski definition) is 0. The van der Waals surface area contributed by atoms with E-state index < -0.39 is 0 Å². The van der Waals surface area contributed by atoms with E-state index in [1.807, 2.05) is 24.5 Å².